The number of nitrogens with zero attached hydrogens (tertiary/aromatic N) is 1. The van der Waals surface area contributed by atoms with E-state index in [4.69, 9.17) is 5.73 Å². The lowest BCUT2D eigenvalue weighted by Gasteiger charge is -2.17. The summed E-state index contributed by atoms with van der Waals surface area (Å²) in [7, 11) is 0. The van der Waals surface area contributed by atoms with Crippen molar-refractivity contribution in [3.63, 3.8) is 0 Å². The normalized spacial score (nSPS) is 14.6. The number of amides is 3. The van der Waals surface area contributed by atoms with Gasteiger partial charge in [0.2, 0.25) is 5.91 Å². The number of anilines is 2. The molecule has 1 aliphatic carbocycles. The molecule has 1 saturated carbocycles. The summed E-state index contributed by atoms with van der Waals surface area (Å²) < 4.78 is 40.2. The van der Waals surface area contributed by atoms with Gasteiger partial charge in [-0.25, -0.2) is 9.78 Å². The molecule has 29 heavy (non-hydrogen) atoms. The Balaban J connectivity index is 1.80. The number of hydrogen-bond donors (Lipinski definition) is 3. The lowest BCUT2D eigenvalue weighted by Crippen LogP contribution is -2.23. The number of carbonyl (C=O) groups is 2. The third-order valence-electron chi connectivity index (χ3n) is 4.88. The number of nitrogens with two attached hydrogens (primary N) is 1. The zero-order chi connectivity index (χ0) is 21.0. The summed E-state index contributed by atoms with van der Waals surface area (Å²) in [6, 6.07) is 6.06. The molecule has 0 aliphatic heterocycles. The van der Waals surface area contributed by atoms with Gasteiger partial charge in [-0.1, -0.05) is 25.0 Å². The second-order valence-corrected chi connectivity index (χ2v) is 7.02. The summed E-state index contributed by atoms with van der Waals surface area (Å²) in [6.07, 6.45) is 0.650. The maximum absolute atomic E-state index is 13.4. The van der Waals surface area contributed by atoms with E-state index in [2.05, 4.69) is 15.6 Å². The first-order valence-electron chi connectivity index (χ1n) is 9.25. The fraction of sp³-hybridized carbons (Fsp3) is 0.350. The van der Waals surface area contributed by atoms with Gasteiger partial charge < -0.3 is 11.1 Å². The van der Waals surface area contributed by atoms with Crippen LogP contribution < -0.4 is 16.4 Å². The lowest BCUT2D eigenvalue weighted by molar-refractivity contribution is -0.137. The summed E-state index contributed by atoms with van der Waals surface area (Å²) in [4.78, 5) is 27.6. The van der Waals surface area contributed by atoms with Crippen LogP contribution in [0.25, 0.3) is 0 Å². The van der Waals surface area contributed by atoms with Gasteiger partial charge in [-0.3, -0.25) is 10.1 Å². The van der Waals surface area contributed by atoms with Crippen molar-refractivity contribution in [2.75, 3.05) is 10.6 Å². The first-order chi connectivity index (χ1) is 13.7. The van der Waals surface area contributed by atoms with Gasteiger partial charge in [0, 0.05) is 6.20 Å². The van der Waals surface area contributed by atoms with Crippen LogP contribution in [0.5, 0.6) is 0 Å². The highest BCUT2D eigenvalue weighted by Crippen LogP contribution is 2.38. The monoisotopic (exact) mass is 406 g/mol. The van der Waals surface area contributed by atoms with Gasteiger partial charge in [0.05, 0.1) is 17.7 Å². The van der Waals surface area contributed by atoms with E-state index < -0.39 is 29.4 Å². The zero-order valence-electron chi connectivity index (χ0n) is 15.6. The number of urea groups is 1. The summed E-state index contributed by atoms with van der Waals surface area (Å²) in [5.41, 5.74) is 4.58. The molecule has 1 heterocycles. The number of hydrogen-bond acceptors (Lipinski definition) is 3. The second-order valence-electron chi connectivity index (χ2n) is 7.02. The quantitative estimate of drug-likeness (QED) is 0.685. The molecule has 154 valence electrons. The van der Waals surface area contributed by atoms with Gasteiger partial charge in [-0.05, 0) is 48.1 Å². The number of pyridine rings is 1. The summed E-state index contributed by atoms with van der Waals surface area (Å²) in [6.45, 7) is 0. The molecule has 0 unspecified atom stereocenters. The van der Waals surface area contributed by atoms with Gasteiger partial charge in [-0.2, -0.15) is 13.2 Å². The van der Waals surface area contributed by atoms with E-state index in [9.17, 15) is 22.8 Å². The van der Waals surface area contributed by atoms with Crippen LogP contribution in [0.15, 0.2) is 36.5 Å². The molecule has 1 fully saturated rings. The van der Waals surface area contributed by atoms with E-state index in [1.54, 1.807) is 6.07 Å². The number of primary amides is 1. The first-order valence-corrected chi connectivity index (χ1v) is 9.25. The van der Waals surface area contributed by atoms with Crippen molar-refractivity contribution in [2.45, 2.75) is 44.2 Å². The Morgan fingerprint density at radius 3 is 2.52 bits per heavy atom. The highest BCUT2D eigenvalue weighted by Gasteiger charge is 2.34. The van der Waals surface area contributed by atoms with Crippen LogP contribution >= 0.6 is 0 Å². The molecule has 0 saturated heterocycles. The predicted molar refractivity (Wildman–Crippen MR) is 102 cm³/mol. The minimum atomic E-state index is -4.71. The van der Waals surface area contributed by atoms with E-state index in [1.165, 1.54) is 12.3 Å². The van der Waals surface area contributed by atoms with Crippen LogP contribution in [0.2, 0.25) is 0 Å². The Hall–Kier alpha value is -3.10. The van der Waals surface area contributed by atoms with Crippen LogP contribution in [0.4, 0.5) is 29.5 Å². The van der Waals surface area contributed by atoms with Gasteiger partial charge in [0.1, 0.15) is 5.82 Å². The van der Waals surface area contributed by atoms with E-state index in [1.807, 2.05) is 6.07 Å². The highest BCUT2D eigenvalue weighted by molar-refractivity contribution is 6.00. The molecule has 0 spiro atoms. The molecule has 0 atom stereocenters. The molecule has 3 rings (SSSR count). The lowest BCUT2D eigenvalue weighted by atomic mass is 9.98. The Labute approximate surface area is 165 Å². The fourth-order valence-corrected chi connectivity index (χ4v) is 3.60. The van der Waals surface area contributed by atoms with Crippen LogP contribution in [0.3, 0.4) is 0 Å². The minimum Gasteiger partial charge on any atom is -0.369 e. The van der Waals surface area contributed by atoms with Gasteiger partial charge in [-0.15, -0.1) is 0 Å². The molecule has 2 aromatic rings. The molecule has 4 N–H and O–H groups in total. The summed E-state index contributed by atoms with van der Waals surface area (Å²) in [5.74, 6) is -0.125. The molecule has 9 heteroatoms. The van der Waals surface area contributed by atoms with Crippen LogP contribution in [0.1, 0.15) is 48.3 Å². The molecule has 1 aromatic heterocycles. The van der Waals surface area contributed by atoms with Crippen molar-refractivity contribution in [3.8, 4) is 0 Å². The summed E-state index contributed by atoms with van der Waals surface area (Å²) >= 11 is 0. The van der Waals surface area contributed by atoms with E-state index in [0.29, 0.717) is 5.82 Å². The number of carbonyl (C=O) groups excluding carboxylic acids is 2. The fourth-order valence-electron chi connectivity index (χ4n) is 3.60. The number of aromatic nitrogens is 1. The minimum absolute atomic E-state index is 0.115. The van der Waals surface area contributed by atoms with Gasteiger partial charge in [0.15, 0.2) is 0 Å². The number of benzene rings is 1. The first kappa shape index (κ1) is 20.6. The Morgan fingerprint density at radius 2 is 1.86 bits per heavy atom. The maximum Gasteiger partial charge on any atom is 0.418 e. The third kappa shape index (κ3) is 5.24. The molecule has 6 nitrogen and oxygen atoms in total. The van der Waals surface area contributed by atoms with E-state index in [-0.39, 0.29) is 17.9 Å². The molecular formula is C20H21F3N4O2. The average Bonchev–Trinajstić information content (AvgIpc) is 3.16. The molecule has 3 amide bonds. The molecule has 0 radical (unpaired) electrons. The molecule has 1 aromatic carbocycles. The average molecular weight is 406 g/mol. The van der Waals surface area contributed by atoms with Crippen molar-refractivity contribution < 1.29 is 22.8 Å². The maximum atomic E-state index is 13.4. The zero-order valence-corrected chi connectivity index (χ0v) is 15.6. The smallest absolute Gasteiger partial charge is 0.369 e. The van der Waals surface area contributed by atoms with Crippen molar-refractivity contribution in [3.05, 3.63) is 53.2 Å². The van der Waals surface area contributed by atoms with Crippen LogP contribution in [-0.2, 0) is 17.4 Å². The molecular weight excluding hydrogens is 385 g/mol. The topological polar surface area (TPSA) is 97.1 Å². The van der Waals surface area contributed by atoms with Crippen molar-refractivity contribution in [2.24, 2.45) is 5.73 Å². The SMILES string of the molecule is NC(=O)Cc1ccc(NC(=O)Nc2ncccc2C2CCCC2)c(C(F)(F)F)c1. The van der Waals surface area contributed by atoms with E-state index in [0.717, 1.165) is 43.4 Å². The standard InChI is InChI=1S/C20H21F3N4O2/c21-20(22,23)15-10-12(11-17(24)28)7-8-16(15)26-19(29)27-18-14(6-3-9-25-18)13-4-1-2-5-13/h3,6-10,13H,1-2,4-5,11H2,(H2,24,28)(H2,25,26,27,29). The Morgan fingerprint density at radius 1 is 1.14 bits per heavy atom. The second kappa shape index (κ2) is 8.50. The predicted octanol–water partition coefficient (Wildman–Crippen LogP) is 4.43. The number of alkyl halides is 3. The Kier molecular flexibility index (Phi) is 6.05. The van der Waals surface area contributed by atoms with Gasteiger partial charge in [0.25, 0.3) is 0 Å². The number of rotatable bonds is 5. The van der Waals surface area contributed by atoms with Crippen LogP contribution in [-0.4, -0.2) is 16.9 Å². The largest absolute Gasteiger partial charge is 0.418 e. The van der Waals surface area contributed by atoms with Crippen molar-refractivity contribution in [1.82, 2.24) is 4.98 Å². The number of nitrogens with one attached hydrogen (secondary N) is 2. The molecule has 1 aliphatic rings. The molecule has 0 bridgehead atoms. The van der Waals surface area contributed by atoms with Gasteiger partial charge >= 0.3 is 12.2 Å². The number of halogens is 3. The van der Waals surface area contributed by atoms with E-state index >= 15 is 0 Å². The Bertz CT molecular complexity index is 909. The van der Waals surface area contributed by atoms with Crippen molar-refractivity contribution in [1.29, 1.82) is 0 Å². The van der Waals surface area contributed by atoms with Crippen LogP contribution in [0, 0.1) is 0 Å². The van der Waals surface area contributed by atoms with Crippen molar-refractivity contribution >= 4 is 23.4 Å². The third-order valence-corrected chi connectivity index (χ3v) is 4.88. The summed E-state index contributed by atoms with van der Waals surface area (Å²) in [5, 5.41) is 4.80. The highest BCUT2D eigenvalue weighted by atomic mass is 19.4.